The van der Waals surface area contributed by atoms with Gasteiger partial charge in [-0.25, -0.2) is 0 Å². The van der Waals surface area contributed by atoms with Crippen molar-refractivity contribution in [2.45, 2.75) is 20.3 Å². The zero-order chi connectivity index (χ0) is 19.8. The predicted molar refractivity (Wildman–Crippen MR) is 109 cm³/mol. The summed E-state index contributed by atoms with van der Waals surface area (Å²) in [5.74, 6) is 0.269. The summed E-state index contributed by atoms with van der Waals surface area (Å²) in [5, 5.41) is 3.36. The van der Waals surface area contributed by atoms with Crippen molar-refractivity contribution >= 4 is 40.7 Å². The lowest BCUT2D eigenvalue weighted by molar-refractivity contribution is -0.133. The number of carbonyl (C=O) groups excluding carboxylic acids is 2. The Morgan fingerprint density at radius 3 is 2.22 bits per heavy atom. The van der Waals surface area contributed by atoms with Crippen molar-refractivity contribution in [2.24, 2.45) is 0 Å². The number of likely N-dealkylation sites (N-methyl/N-ethyl adjacent to an activating group) is 1. The first-order chi connectivity index (χ1) is 12.9. The Morgan fingerprint density at radius 1 is 1.04 bits per heavy atom. The van der Waals surface area contributed by atoms with Gasteiger partial charge in [0.25, 0.3) is 0 Å². The van der Waals surface area contributed by atoms with Crippen LogP contribution in [0.25, 0.3) is 0 Å². The highest BCUT2D eigenvalue weighted by Crippen LogP contribution is 2.29. The van der Waals surface area contributed by atoms with Gasteiger partial charge in [-0.3, -0.25) is 9.59 Å². The number of carbonyl (C=O) groups is 2. The van der Waals surface area contributed by atoms with Gasteiger partial charge in [-0.2, -0.15) is 0 Å². The van der Waals surface area contributed by atoms with Crippen molar-refractivity contribution in [3.8, 4) is 5.75 Å². The van der Waals surface area contributed by atoms with Gasteiger partial charge >= 0.3 is 0 Å². The van der Waals surface area contributed by atoms with Gasteiger partial charge < -0.3 is 15.0 Å². The summed E-state index contributed by atoms with van der Waals surface area (Å²) < 4.78 is 5.39. The monoisotopic (exact) mass is 408 g/mol. The molecular weight excluding hydrogens is 387 g/mol. The Morgan fingerprint density at radius 2 is 1.67 bits per heavy atom. The summed E-state index contributed by atoms with van der Waals surface area (Å²) in [6.45, 7) is 4.67. The Labute approximate surface area is 169 Å². The maximum atomic E-state index is 12.5. The number of hydrogen-bond donors (Lipinski definition) is 1. The van der Waals surface area contributed by atoms with Crippen LogP contribution in [0.2, 0.25) is 10.0 Å². The Balaban J connectivity index is 1.96. The van der Waals surface area contributed by atoms with Crippen molar-refractivity contribution < 1.29 is 14.3 Å². The molecule has 0 fully saturated rings. The van der Waals surface area contributed by atoms with Crippen LogP contribution in [0, 0.1) is 0 Å². The van der Waals surface area contributed by atoms with Crippen LogP contribution in [0.4, 0.5) is 5.69 Å². The Bertz CT molecular complexity index is 774. The molecule has 1 N–H and O–H groups in total. The highest BCUT2D eigenvalue weighted by Gasteiger charge is 2.17. The molecule has 5 nitrogen and oxygen atoms in total. The third-order valence-corrected chi connectivity index (χ3v) is 4.52. The molecule has 144 valence electrons. The molecule has 0 aromatic heterocycles. The number of nitrogens with zero attached hydrogens (tertiary/aromatic N) is 1. The number of anilines is 1. The summed E-state index contributed by atoms with van der Waals surface area (Å²) in [5.41, 5.74) is 1.21. The zero-order valence-electron chi connectivity index (χ0n) is 15.3. The number of benzene rings is 2. The fraction of sp³-hybridized carbons (Fsp3) is 0.300. The van der Waals surface area contributed by atoms with Gasteiger partial charge in [0.1, 0.15) is 5.75 Å². The van der Waals surface area contributed by atoms with Crippen molar-refractivity contribution in [3.63, 3.8) is 0 Å². The van der Waals surface area contributed by atoms with E-state index in [2.05, 4.69) is 5.32 Å². The van der Waals surface area contributed by atoms with E-state index in [0.29, 0.717) is 28.9 Å². The summed E-state index contributed by atoms with van der Waals surface area (Å²) in [6.07, 6.45) is 0.209. The van der Waals surface area contributed by atoms with Crippen LogP contribution in [0.1, 0.15) is 19.4 Å². The molecule has 27 heavy (non-hydrogen) atoms. The lowest BCUT2D eigenvalue weighted by Gasteiger charge is -2.21. The number of amides is 2. The highest BCUT2D eigenvalue weighted by molar-refractivity contribution is 6.39. The van der Waals surface area contributed by atoms with Crippen molar-refractivity contribution in [1.82, 2.24) is 4.90 Å². The van der Waals surface area contributed by atoms with Crippen molar-refractivity contribution in [1.29, 1.82) is 0 Å². The summed E-state index contributed by atoms with van der Waals surface area (Å²) in [7, 11) is 0. The smallest absolute Gasteiger partial charge is 0.244 e. The van der Waals surface area contributed by atoms with E-state index in [9.17, 15) is 9.59 Å². The van der Waals surface area contributed by atoms with E-state index in [1.165, 1.54) is 4.90 Å². The number of nitrogens with one attached hydrogen (secondary N) is 1. The van der Waals surface area contributed by atoms with Gasteiger partial charge in [0.2, 0.25) is 11.8 Å². The first kappa shape index (κ1) is 21.1. The van der Waals surface area contributed by atoms with Gasteiger partial charge in [-0.05, 0) is 43.7 Å². The first-order valence-corrected chi connectivity index (χ1v) is 9.43. The molecule has 0 saturated heterocycles. The van der Waals surface area contributed by atoms with E-state index in [1.807, 2.05) is 38.1 Å². The maximum absolute atomic E-state index is 12.5. The lowest BCUT2D eigenvalue weighted by Crippen LogP contribution is -2.38. The van der Waals surface area contributed by atoms with Gasteiger partial charge in [-0.15, -0.1) is 0 Å². The maximum Gasteiger partial charge on any atom is 0.244 e. The predicted octanol–water partition coefficient (Wildman–Crippen LogP) is 4.42. The molecule has 0 heterocycles. The summed E-state index contributed by atoms with van der Waals surface area (Å²) >= 11 is 12.1. The molecule has 0 aliphatic rings. The van der Waals surface area contributed by atoms with E-state index in [1.54, 1.807) is 18.2 Å². The average molecular weight is 409 g/mol. The van der Waals surface area contributed by atoms with Crippen LogP contribution in [0.15, 0.2) is 42.5 Å². The van der Waals surface area contributed by atoms with Crippen LogP contribution in [0.3, 0.4) is 0 Å². The molecule has 0 spiro atoms. The molecule has 2 aromatic carbocycles. The molecule has 2 rings (SSSR count). The number of para-hydroxylation sites is 1. The minimum absolute atomic E-state index is 0.0755. The van der Waals surface area contributed by atoms with E-state index in [-0.39, 0.29) is 24.8 Å². The van der Waals surface area contributed by atoms with Crippen molar-refractivity contribution in [2.75, 3.05) is 25.0 Å². The molecular formula is C20H22Cl2N2O3. The molecule has 7 heteroatoms. The number of hydrogen-bond acceptors (Lipinski definition) is 3. The van der Waals surface area contributed by atoms with Crippen LogP contribution in [-0.2, 0) is 16.0 Å². The second-order valence-corrected chi connectivity index (χ2v) is 6.62. The molecule has 0 saturated carbocycles. The Hall–Kier alpha value is -2.24. The van der Waals surface area contributed by atoms with Crippen LogP contribution in [-0.4, -0.2) is 36.4 Å². The average Bonchev–Trinajstić information content (AvgIpc) is 2.64. The largest absolute Gasteiger partial charge is 0.494 e. The van der Waals surface area contributed by atoms with Gasteiger partial charge in [0, 0.05) is 6.54 Å². The van der Waals surface area contributed by atoms with E-state index in [4.69, 9.17) is 27.9 Å². The molecule has 0 bridgehead atoms. The summed E-state index contributed by atoms with van der Waals surface area (Å²) in [6, 6.07) is 12.3. The van der Waals surface area contributed by atoms with Crippen LogP contribution >= 0.6 is 23.2 Å². The van der Waals surface area contributed by atoms with Gasteiger partial charge in [0.15, 0.2) is 0 Å². The third kappa shape index (κ3) is 6.15. The minimum Gasteiger partial charge on any atom is -0.494 e. The zero-order valence-corrected chi connectivity index (χ0v) is 16.8. The molecule has 0 aliphatic heterocycles. The molecule has 0 unspecified atom stereocenters. The fourth-order valence-electron chi connectivity index (χ4n) is 2.50. The number of halogens is 2. The molecule has 2 aromatic rings. The van der Waals surface area contributed by atoms with Crippen LogP contribution < -0.4 is 10.1 Å². The molecule has 0 radical (unpaired) electrons. The Kier molecular flexibility index (Phi) is 7.95. The quantitative estimate of drug-likeness (QED) is 0.702. The highest BCUT2D eigenvalue weighted by atomic mass is 35.5. The first-order valence-electron chi connectivity index (χ1n) is 8.68. The summed E-state index contributed by atoms with van der Waals surface area (Å²) in [4.78, 5) is 26.3. The SMILES string of the molecule is CCOc1ccc(CC(=O)N(CC)CC(=O)Nc2c(Cl)cccc2Cl)cc1. The number of ether oxygens (including phenoxy) is 1. The van der Waals surface area contributed by atoms with Gasteiger partial charge in [-0.1, -0.05) is 41.4 Å². The third-order valence-electron chi connectivity index (χ3n) is 3.89. The minimum atomic E-state index is -0.355. The van der Waals surface area contributed by atoms with E-state index in [0.717, 1.165) is 11.3 Å². The van der Waals surface area contributed by atoms with E-state index >= 15 is 0 Å². The van der Waals surface area contributed by atoms with Crippen LogP contribution in [0.5, 0.6) is 5.75 Å². The molecule has 0 atom stereocenters. The normalized spacial score (nSPS) is 10.4. The standard InChI is InChI=1S/C20H22Cl2N2O3/c1-3-24(13-18(25)23-20-16(21)6-5-7-17(20)22)19(26)12-14-8-10-15(11-9-14)27-4-2/h5-11H,3-4,12-13H2,1-2H3,(H,23,25). The fourth-order valence-corrected chi connectivity index (χ4v) is 2.99. The topological polar surface area (TPSA) is 58.6 Å². The van der Waals surface area contributed by atoms with Crippen molar-refractivity contribution in [3.05, 3.63) is 58.1 Å². The second-order valence-electron chi connectivity index (χ2n) is 5.81. The van der Waals surface area contributed by atoms with E-state index < -0.39 is 0 Å². The second kappa shape index (κ2) is 10.2. The van der Waals surface area contributed by atoms with Gasteiger partial charge in [0.05, 0.1) is 35.3 Å². The molecule has 2 amide bonds. The lowest BCUT2D eigenvalue weighted by atomic mass is 10.1. The molecule has 0 aliphatic carbocycles. The number of rotatable bonds is 8.